The second-order valence-corrected chi connectivity index (χ2v) is 7.50. The molecule has 0 bridgehead atoms. The first-order valence-corrected chi connectivity index (χ1v) is 8.87. The predicted molar refractivity (Wildman–Crippen MR) is 90.5 cm³/mol. The summed E-state index contributed by atoms with van der Waals surface area (Å²) in [7, 11) is -4.06. The van der Waals surface area contributed by atoms with Crippen LogP contribution in [0.1, 0.15) is 25.7 Å². The van der Waals surface area contributed by atoms with E-state index in [1.165, 1.54) is 6.07 Å². The summed E-state index contributed by atoms with van der Waals surface area (Å²) >= 11 is 5.79. The van der Waals surface area contributed by atoms with Gasteiger partial charge in [0.2, 0.25) is 10.0 Å². The van der Waals surface area contributed by atoms with E-state index in [0.717, 1.165) is 37.8 Å². The molecular weight excluding hydrogens is 365 g/mol. The maximum absolute atomic E-state index is 12.5. The summed E-state index contributed by atoms with van der Waals surface area (Å²) in [6.07, 6.45) is 3.89. The first-order valence-electron chi connectivity index (χ1n) is 7.01. The van der Waals surface area contributed by atoms with E-state index in [9.17, 15) is 18.5 Å². The molecule has 1 aliphatic rings. The number of nitrogens with two attached hydrogens (primary N) is 1. The van der Waals surface area contributed by atoms with Gasteiger partial charge < -0.3 is 5.73 Å². The molecule has 1 atom stereocenters. The largest absolute Gasteiger partial charge is 0.329 e. The SMILES string of the molecule is Cl.NCC(NS(=O)(=O)c1cc(Cl)ccc1[N+](=O)[O-])C1CCCC1. The van der Waals surface area contributed by atoms with Crippen molar-refractivity contribution in [2.45, 2.75) is 36.6 Å². The van der Waals surface area contributed by atoms with Crippen LogP contribution in [0, 0.1) is 16.0 Å². The molecule has 0 heterocycles. The molecule has 1 aromatic rings. The van der Waals surface area contributed by atoms with Gasteiger partial charge in [0.1, 0.15) is 0 Å². The van der Waals surface area contributed by atoms with Crippen LogP contribution >= 0.6 is 24.0 Å². The third-order valence-corrected chi connectivity index (χ3v) is 5.69. The molecule has 3 N–H and O–H groups in total. The van der Waals surface area contributed by atoms with E-state index in [4.69, 9.17) is 17.3 Å². The van der Waals surface area contributed by atoms with Gasteiger partial charge >= 0.3 is 0 Å². The zero-order chi connectivity index (χ0) is 16.3. The lowest BCUT2D eigenvalue weighted by atomic mass is 9.99. The number of nitrogens with one attached hydrogen (secondary N) is 1. The predicted octanol–water partition coefficient (Wildman–Crippen LogP) is 2.47. The summed E-state index contributed by atoms with van der Waals surface area (Å²) in [5, 5.41) is 11.2. The molecule has 1 aliphatic carbocycles. The number of nitrogens with zero attached hydrogens (tertiary/aromatic N) is 1. The van der Waals surface area contributed by atoms with Gasteiger partial charge in [-0.1, -0.05) is 24.4 Å². The van der Waals surface area contributed by atoms with Crippen molar-refractivity contribution in [3.8, 4) is 0 Å². The maximum Gasteiger partial charge on any atom is 0.289 e. The third-order valence-electron chi connectivity index (χ3n) is 3.94. The van der Waals surface area contributed by atoms with Gasteiger partial charge in [0.05, 0.1) is 4.92 Å². The van der Waals surface area contributed by atoms with Crippen molar-refractivity contribution >= 4 is 39.7 Å². The first-order chi connectivity index (χ1) is 10.3. The quantitative estimate of drug-likeness (QED) is 0.577. The third kappa shape index (κ3) is 4.77. The smallest absolute Gasteiger partial charge is 0.289 e. The molecule has 1 aromatic carbocycles. The highest BCUT2D eigenvalue weighted by Crippen LogP contribution is 2.30. The van der Waals surface area contributed by atoms with Crippen molar-refractivity contribution in [1.29, 1.82) is 0 Å². The van der Waals surface area contributed by atoms with Gasteiger partial charge in [-0.3, -0.25) is 10.1 Å². The molecule has 1 fully saturated rings. The topological polar surface area (TPSA) is 115 Å². The van der Waals surface area contributed by atoms with E-state index in [2.05, 4.69) is 4.72 Å². The molecule has 0 radical (unpaired) electrons. The van der Waals surface area contributed by atoms with Crippen LogP contribution < -0.4 is 10.5 Å². The van der Waals surface area contributed by atoms with Crippen LogP contribution in [0.4, 0.5) is 5.69 Å². The Morgan fingerprint density at radius 1 is 1.39 bits per heavy atom. The number of nitro groups is 1. The zero-order valence-electron chi connectivity index (χ0n) is 12.3. The van der Waals surface area contributed by atoms with E-state index in [1.807, 2.05) is 0 Å². The summed E-state index contributed by atoms with van der Waals surface area (Å²) in [5.74, 6) is 0.165. The molecule has 7 nitrogen and oxygen atoms in total. The number of halogens is 2. The minimum Gasteiger partial charge on any atom is -0.329 e. The van der Waals surface area contributed by atoms with Crippen LogP contribution in [0.3, 0.4) is 0 Å². The molecule has 0 aliphatic heterocycles. The lowest BCUT2D eigenvalue weighted by Crippen LogP contribution is -2.44. The summed E-state index contributed by atoms with van der Waals surface area (Å²) < 4.78 is 27.5. The van der Waals surface area contributed by atoms with Gasteiger partial charge in [0.15, 0.2) is 4.90 Å². The van der Waals surface area contributed by atoms with Gasteiger partial charge in [-0.25, -0.2) is 13.1 Å². The molecule has 10 heteroatoms. The van der Waals surface area contributed by atoms with Crippen LogP contribution in [-0.4, -0.2) is 25.9 Å². The highest BCUT2D eigenvalue weighted by Gasteiger charge is 2.32. The molecule has 0 saturated heterocycles. The van der Waals surface area contributed by atoms with Crippen LogP contribution in [0.2, 0.25) is 5.02 Å². The van der Waals surface area contributed by atoms with Gasteiger partial charge in [0, 0.05) is 23.7 Å². The first kappa shape index (κ1) is 20.1. The summed E-state index contributed by atoms with van der Waals surface area (Å²) in [6, 6.07) is 3.04. The summed E-state index contributed by atoms with van der Waals surface area (Å²) in [6.45, 7) is 0.151. The van der Waals surface area contributed by atoms with E-state index in [-0.39, 0.29) is 29.9 Å². The molecule has 1 saturated carbocycles. The number of sulfonamides is 1. The number of hydrogen-bond donors (Lipinski definition) is 2. The summed E-state index contributed by atoms with van der Waals surface area (Å²) in [4.78, 5) is 9.87. The monoisotopic (exact) mass is 383 g/mol. The van der Waals surface area contributed by atoms with Crippen molar-refractivity contribution in [1.82, 2.24) is 4.72 Å². The number of benzene rings is 1. The Morgan fingerprint density at radius 3 is 2.52 bits per heavy atom. The Balaban J connectivity index is 0.00000264. The molecule has 0 spiro atoms. The Morgan fingerprint density at radius 2 is 2.00 bits per heavy atom. The Labute approximate surface area is 146 Å². The van der Waals surface area contributed by atoms with Crippen LogP contribution in [0.15, 0.2) is 23.1 Å². The normalized spacial score (nSPS) is 16.8. The average molecular weight is 384 g/mol. The van der Waals surface area contributed by atoms with E-state index >= 15 is 0 Å². The molecule has 0 aromatic heterocycles. The second-order valence-electron chi connectivity index (χ2n) is 5.38. The van der Waals surface area contributed by atoms with Crippen molar-refractivity contribution in [2.75, 3.05) is 6.54 Å². The molecule has 2 rings (SSSR count). The van der Waals surface area contributed by atoms with E-state index in [0.29, 0.717) is 0 Å². The lowest BCUT2D eigenvalue weighted by Gasteiger charge is -2.22. The van der Waals surface area contributed by atoms with Crippen molar-refractivity contribution < 1.29 is 13.3 Å². The van der Waals surface area contributed by atoms with Crippen molar-refractivity contribution in [3.05, 3.63) is 33.3 Å². The van der Waals surface area contributed by atoms with Crippen LogP contribution in [-0.2, 0) is 10.0 Å². The van der Waals surface area contributed by atoms with Crippen LogP contribution in [0.25, 0.3) is 0 Å². The fourth-order valence-electron chi connectivity index (χ4n) is 2.81. The highest BCUT2D eigenvalue weighted by molar-refractivity contribution is 7.89. The van der Waals surface area contributed by atoms with Crippen LogP contribution in [0.5, 0.6) is 0 Å². The van der Waals surface area contributed by atoms with E-state index < -0.39 is 31.6 Å². The molecule has 0 amide bonds. The minimum atomic E-state index is -4.06. The van der Waals surface area contributed by atoms with Gasteiger partial charge in [-0.15, -0.1) is 12.4 Å². The number of hydrogen-bond acceptors (Lipinski definition) is 5. The minimum absolute atomic E-state index is 0. The zero-order valence-corrected chi connectivity index (χ0v) is 14.7. The molecule has 23 heavy (non-hydrogen) atoms. The van der Waals surface area contributed by atoms with Gasteiger partial charge in [-0.05, 0) is 30.9 Å². The second kappa shape index (κ2) is 8.25. The molecule has 1 unspecified atom stereocenters. The Kier molecular flexibility index (Phi) is 7.22. The van der Waals surface area contributed by atoms with Crippen molar-refractivity contribution in [3.63, 3.8) is 0 Å². The van der Waals surface area contributed by atoms with Crippen molar-refractivity contribution in [2.24, 2.45) is 11.7 Å². The Hall–Kier alpha value is -0.930. The summed E-state index contributed by atoms with van der Waals surface area (Å²) in [5.41, 5.74) is 5.18. The standard InChI is InChI=1S/C13H18ClN3O4S.ClH/c14-10-5-6-12(17(18)19)13(7-10)22(20,21)16-11(8-15)9-3-1-2-4-9;/h5-7,9,11,16H,1-4,8,15H2;1H. The Bertz CT molecular complexity index is 663. The fraction of sp³-hybridized carbons (Fsp3) is 0.538. The average Bonchev–Trinajstić information content (AvgIpc) is 2.98. The maximum atomic E-state index is 12.5. The fourth-order valence-corrected chi connectivity index (χ4v) is 4.56. The van der Waals surface area contributed by atoms with E-state index in [1.54, 1.807) is 0 Å². The van der Waals surface area contributed by atoms with Gasteiger partial charge in [-0.2, -0.15) is 0 Å². The number of rotatable bonds is 6. The number of nitro benzene ring substituents is 1. The highest BCUT2D eigenvalue weighted by atomic mass is 35.5. The molecule has 130 valence electrons. The molecular formula is C13H19Cl2N3O4S. The lowest BCUT2D eigenvalue weighted by molar-refractivity contribution is -0.387. The van der Waals surface area contributed by atoms with Gasteiger partial charge in [0.25, 0.3) is 5.69 Å².